The Morgan fingerprint density at radius 2 is 1.89 bits per heavy atom. The fourth-order valence-corrected chi connectivity index (χ4v) is 3.83. The highest BCUT2D eigenvalue weighted by Crippen LogP contribution is 2.30. The summed E-state index contributed by atoms with van der Waals surface area (Å²) in [5, 5.41) is 3.28. The lowest BCUT2D eigenvalue weighted by molar-refractivity contribution is -0.123. The molecule has 0 spiro atoms. The van der Waals surface area contributed by atoms with E-state index in [-0.39, 0.29) is 5.91 Å². The average Bonchev–Trinajstić information content (AvgIpc) is 2.35. The van der Waals surface area contributed by atoms with Crippen molar-refractivity contribution in [2.75, 3.05) is 0 Å². The Labute approximate surface area is 117 Å². The van der Waals surface area contributed by atoms with Crippen molar-refractivity contribution in [1.82, 2.24) is 5.32 Å². The largest absolute Gasteiger partial charge is 0.353 e. The Morgan fingerprint density at radius 3 is 2.63 bits per heavy atom. The van der Waals surface area contributed by atoms with Gasteiger partial charge in [-0.3, -0.25) is 4.79 Å². The molecule has 0 radical (unpaired) electrons. The molecule has 2 aliphatic carbocycles. The number of rotatable bonds is 3. The van der Waals surface area contributed by atoms with E-state index in [9.17, 15) is 4.79 Å². The topological polar surface area (TPSA) is 55.1 Å². The lowest BCUT2D eigenvalue weighted by Gasteiger charge is -2.35. The van der Waals surface area contributed by atoms with Gasteiger partial charge in [-0.25, -0.2) is 0 Å². The maximum atomic E-state index is 12.2. The maximum absolute atomic E-state index is 12.2. The van der Waals surface area contributed by atoms with Crippen molar-refractivity contribution < 1.29 is 4.79 Å². The zero-order chi connectivity index (χ0) is 13.8. The van der Waals surface area contributed by atoms with Gasteiger partial charge >= 0.3 is 0 Å². The van der Waals surface area contributed by atoms with Gasteiger partial charge in [0.15, 0.2) is 0 Å². The van der Waals surface area contributed by atoms with Gasteiger partial charge in [0.25, 0.3) is 0 Å². The first-order valence-corrected chi connectivity index (χ1v) is 8.11. The molecule has 1 amide bonds. The van der Waals surface area contributed by atoms with E-state index < -0.39 is 0 Å². The van der Waals surface area contributed by atoms with Crippen LogP contribution in [-0.4, -0.2) is 18.0 Å². The summed E-state index contributed by atoms with van der Waals surface area (Å²) in [7, 11) is 0. The van der Waals surface area contributed by atoms with E-state index in [1.165, 1.54) is 25.7 Å². The van der Waals surface area contributed by atoms with Crippen LogP contribution in [0.5, 0.6) is 0 Å². The summed E-state index contributed by atoms with van der Waals surface area (Å²) < 4.78 is 0. The lowest BCUT2D eigenvalue weighted by atomic mass is 9.78. The Kier molecular flexibility index (Phi) is 5.26. The average molecular weight is 266 g/mol. The molecule has 5 atom stereocenters. The first kappa shape index (κ1) is 14.8. The molecule has 2 rings (SSSR count). The maximum Gasteiger partial charge on any atom is 0.220 e. The molecular formula is C16H30N2O. The number of amides is 1. The highest BCUT2D eigenvalue weighted by atomic mass is 16.1. The van der Waals surface area contributed by atoms with Crippen LogP contribution in [0.25, 0.3) is 0 Å². The number of nitrogens with one attached hydrogen (secondary N) is 1. The molecule has 110 valence electrons. The predicted octanol–water partition coefficient (Wildman–Crippen LogP) is 2.83. The van der Waals surface area contributed by atoms with E-state index in [1.54, 1.807) is 0 Å². The van der Waals surface area contributed by atoms with E-state index in [0.717, 1.165) is 25.2 Å². The van der Waals surface area contributed by atoms with Crippen molar-refractivity contribution >= 4 is 5.91 Å². The second-order valence-corrected chi connectivity index (χ2v) is 6.94. The van der Waals surface area contributed by atoms with Crippen LogP contribution in [0.15, 0.2) is 0 Å². The van der Waals surface area contributed by atoms with Crippen molar-refractivity contribution in [3.63, 3.8) is 0 Å². The third kappa shape index (κ3) is 4.20. The van der Waals surface area contributed by atoms with Crippen molar-refractivity contribution in [2.45, 2.75) is 77.3 Å². The summed E-state index contributed by atoms with van der Waals surface area (Å²) in [6, 6.07) is 0.716. The van der Waals surface area contributed by atoms with E-state index in [1.807, 2.05) is 0 Å². The van der Waals surface area contributed by atoms with E-state index in [4.69, 9.17) is 5.73 Å². The third-order valence-corrected chi connectivity index (χ3v) is 5.35. The molecule has 0 aromatic rings. The molecule has 3 N–H and O–H groups in total. The van der Waals surface area contributed by atoms with E-state index in [2.05, 4.69) is 19.2 Å². The molecule has 0 bridgehead atoms. The Morgan fingerprint density at radius 1 is 1.16 bits per heavy atom. The second-order valence-electron chi connectivity index (χ2n) is 6.94. The molecule has 2 fully saturated rings. The Bertz CT molecular complexity index is 305. The molecule has 0 aliphatic heterocycles. The zero-order valence-electron chi connectivity index (χ0n) is 12.5. The van der Waals surface area contributed by atoms with Crippen LogP contribution in [0.4, 0.5) is 0 Å². The van der Waals surface area contributed by atoms with Crippen LogP contribution in [0.2, 0.25) is 0 Å². The molecule has 19 heavy (non-hydrogen) atoms. The van der Waals surface area contributed by atoms with Crippen LogP contribution >= 0.6 is 0 Å². The summed E-state index contributed by atoms with van der Waals surface area (Å²) in [6.07, 6.45) is 8.94. The minimum Gasteiger partial charge on any atom is -0.353 e. The smallest absolute Gasteiger partial charge is 0.220 e. The van der Waals surface area contributed by atoms with Gasteiger partial charge in [0.05, 0.1) is 0 Å². The van der Waals surface area contributed by atoms with Crippen LogP contribution in [-0.2, 0) is 4.79 Å². The minimum absolute atomic E-state index is 0.255. The Balaban J connectivity index is 1.77. The quantitative estimate of drug-likeness (QED) is 0.825. The lowest BCUT2D eigenvalue weighted by Crippen LogP contribution is -2.44. The van der Waals surface area contributed by atoms with Crippen molar-refractivity contribution in [3.8, 4) is 0 Å². The summed E-state index contributed by atoms with van der Waals surface area (Å²) in [6.45, 7) is 4.59. The number of hydrogen-bond donors (Lipinski definition) is 2. The summed E-state index contributed by atoms with van der Waals surface area (Å²) in [5.41, 5.74) is 5.99. The summed E-state index contributed by atoms with van der Waals surface area (Å²) in [5.74, 6) is 2.12. The number of nitrogens with two attached hydrogens (primary N) is 1. The van der Waals surface area contributed by atoms with Crippen LogP contribution in [0, 0.1) is 17.8 Å². The number of hydrogen-bond acceptors (Lipinski definition) is 2. The first-order valence-electron chi connectivity index (χ1n) is 8.11. The van der Waals surface area contributed by atoms with Crippen LogP contribution < -0.4 is 11.1 Å². The van der Waals surface area contributed by atoms with Crippen LogP contribution in [0.3, 0.4) is 0 Å². The summed E-state index contributed by atoms with van der Waals surface area (Å²) in [4.78, 5) is 12.2. The highest BCUT2D eigenvalue weighted by Gasteiger charge is 2.29. The molecule has 5 unspecified atom stereocenters. The first-order chi connectivity index (χ1) is 9.06. The van der Waals surface area contributed by atoms with Gasteiger partial charge < -0.3 is 11.1 Å². The summed E-state index contributed by atoms with van der Waals surface area (Å²) >= 11 is 0. The molecular weight excluding hydrogens is 236 g/mol. The van der Waals surface area contributed by atoms with Gasteiger partial charge in [-0.15, -0.1) is 0 Å². The molecule has 2 aliphatic rings. The normalized spacial score (nSPS) is 39.8. The monoisotopic (exact) mass is 266 g/mol. The molecule has 3 heteroatoms. The second kappa shape index (κ2) is 6.74. The predicted molar refractivity (Wildman–Crippen MR) is 78.7 cm³/mol. The van der Waals surface area contributed by atoms with Crippen molar-refractivity contribution in [2.24, 2.45) is 23.5 Å². The molecule has 2 saturated carbocycles. The van der Waals surface area contributed by atoms with Gasteiger partial charge in [-0.2, -0.15) is 0 Å². The fourth-order valence-electron chi connectivity index (χ4n) is 3.83. The molecule has 0 aromatic carbocycles. The number of carbonyl (C=O) groups excluding carboxylic acids is 1. The molecule has 0 saturated heterocycles. The Hall–Kier alpha value is -0.570. The van der Waals surface area contributed by atoms with E-state index >= 15 is 0 Å². The minimum atomic E-state index is 0.255. The zero-order valence-corrected chi connectivity index (χ0v) is 12.5. The van der Waals surface area contributed by atoms with Gasteiger partial charge in [-0.05, 0) is 43.4 Å². The van der Waals surface area contributed by atoms with Crippen LogP contribution in [0.1, 0.15) is 65.2 Å². The molecule has 0 aromatic heterocycles. The van der Waals surface area contributed by atoms with Crippen molar-refractivity contribution in [1.29, 1.82) is 0 Å². The van der Waals surface area contributed by atoms with E-state index in [0.29, 0.717) is 30.3 Å². The van der Waals surface area contributed by atoms with Gasteiger partial charge in [-0.1, -0.05) is 33.1 Å². The van der Waals surface area contributed by atoms with Gasteiger partial charge in [0, 0.05) is 18.5 Å². The SMILES string of the molecule is CC1CCCC(NC(=O)CC2CCCC(N)C2)C1C. The fraction of sp³-hybridized carbons (Fsp3) is 0.938. The molecule has 0 heterocycles. The number of carbonyl (C=O) groups is 1. The van der Waals surface area contributed by atoms with Crippen molar-refractivity contribution in [3.05, 3.63) is 0 Å². The standard InChI is InChI=1S/C16H30N2O/c1-11-5-3-8-15(12(11)2)18-16(19)10-13-6-4-7-14(17)9-13/h11-15H,3-10,17H2,1-2H3,(H,18,19). The highest BCUT2D eigenvalue weighted by molar-refractivity contribution is 5.76. The third-order valence-electron chi connectivity index (χ3n) is 5.35. The molecule has 3 nitrogen and oxygen atoms in total. The van der Waals surface area contributed by atoms with Gasteiger partial charge in [0.2, 0.25) is 5.91 Å². The van der Waals surface area contributed by atoms with Gasteiger partial charge in [0.1, 0.15) is 0 Å².